The highest BCUT2D eigenvalue weighted by Crippen LogP contribution is 2.09. The minimum Gasteiger partial charge on any atom is -0.346 e. The maximum Gasteiger partial charge on any atom is 0.251 e. The second kappa shape index (κ2) is 6.45. The van der Waals surface area contributed by atoms with Gasteiger partial charge in [0.1, 0.15) is 5.01 Å². The number of carbonyl (C=O) groups excluding carboxylic acids is 1. The highest BCUT2D eigenvalue weighted by Gasteiger charge is 2.06. The zero-order chi connectivity index (χ0) is 13.7. The molecule has 1 aromatic carbocycles. The van der Waals surface area contributed by atoms with Crippen molar-refractivity contribution in [1.82, 2.24) is 10.3 Å². The first-order valence-electron chi connectivity index (χ1n) is 6.17. The number of hydrogen-bond donors (Lipinski definition) is 2. The van der Waals surface area contributed by atoms with Crippen molar-refractivity contribution < 1.29 is 4.79 Å². The number of benzene rings is 1. The van der Waals surface area contributed by atoms with Crippen LogP contribution in [0.1, 0.15) is 26.6 Å². The molecule has 0 saturated heterocycles. The molecule has 0 radical (unpaired) electrons. The molecule has 0 atom stereocenters. The van der Waals surface area contributed by atoms with E-state index in [1.54, 1.807) is 11.3 Å². The van der Waals surface area contributed by atoms with E-state index < -0.39 is 0 Å². The van der Waals surface area contributed by atoms with Crippen molar-refractivity contribution in [3.63, 3.8) is 0 Å². The molecular weight excluding hydrogens is 258 g/mol. The summed E-state index contributed by atoms with van der Waals surface area (Å²) in [5.74, 6) is -0.0767. The van der Waals surface area contributed by atoms with Crippen LogP contribution in [-0.4, -0.2) is 17.4 Å². The van der Waals surface area contributed by atoms with Crippen LogP contribution in [0.5, 0.6) is 0 Å². The van der Waals surface area contributed by atoms with Crippen LogP contribution in [0.15, 0.2) is 29.6 Å². The van der Waals surface area contributed by atoms with Gasteiger partial charge in [-0.05, 0) is 37.6 Å². The molecule has 0 saturated carbocycles. The zero-order valence-corrected chi connectivity index (χ0v) is 11.7. The predicted molar refractivity (Wildman–Crippen MR) is 77.2 cm³/mol. The standard InChI is InChI=1S/C14H17N3OS/c1-10-9-19-13(17-10)8-16-14(18)12-4-2-11(3-5-12)6-7-15/h2-5,9H,6-8,15H2,1H3,(H,16,18). The molecular formula is C14H17N3OS. The SMILES string of the molecule is Cc1csc(CNC(=O)c2ccc(CCN)cc2)n1. The van der Waals surface area contributed by atoms with Crippen molar-refractivity contribution in [3.8, 4) is 0 Å². The Morgan fingerprint density at radius 1 is 1.37 bits per heavy atom. The molecule has 2 rings (SSSR count). The summed E-state index contributed by atoms with van der Waals surface area (Å²) in [5.41, 5.74) is 8.28. The number of carbonyl (C=O) groups is 1. The van der Waals surface area contributed by atoms with Gasteiger partial charge in [-0.3, -0.25) is 4.79 Å². The van der Waals surface area contributed by atoms with Gasteiger partial charge in [0, 0.05) is 16.6 Å². The van der Waals surface area contributed by atoms with Crippen molar-refractivity contribution in [2.24, 2.45) is 5.73 Å². The lowest BCUT2D eigenvalue weighted by Gasteiger charge is -2.04. The van der Waals surface area contributed by atoms with Crippen LogP contribution in [0.3, 0.4) is 0 Å². The number of thiazole rings is 1. The number of aryl methyl sites for hydroxylation is 1. The van der Waals surface area contributed by atoms with Gasteiger partial charge in [-0.2, -0.15) is 0 Å². The number of rotatable bonds is 5. The molecule has 0 fully saturated rings. The molecule has 3 N–H and O–H groups in total. The van der Waals surface area contributed by atoms with E-state index in [9.17, 15) is 4.79 Å². The summed E-state index contributed by atoms with van der Waals surface area (Å²) >= 11 is 1.56. The molecule has 0 aliphatic heterocycles. The second-order valence-electron chi connectivity index (χ2n) is 4.30. The molecule has 0 spiro atoms. The third kappa shape index (κ3) is 3.87. The molecule has 1 amide bonds. The Hall–Kier alpha value is -1.72. The van der Waals surface area contributed by atoms with Crippen LogP contribution < -0.4 is 11.1 Å². The Labute approximate surface area is 116 Å². The minimum atomic E-state index is -0.0767. The molecule has 19 heavy (non-hydrogen) atoms. The number of aromatic nitrogens is 1. The largest absolute Gasteiger partial charge is 0.346 e. The molecule has 1 aromatic heterocycles. The van der Waals surface area contributed by atoms with Crippen molar-refractivity contribution >= 4 is 17.2 Å². The molecule has 5 heteroatoms. The molecule has 0 unspecified atom stereocenters. The average Bonchev–Trinajstić information content (AvgIpc) is 2.83. The van der Waals surface area contributed by atoms with Crippen molar-refractivity contribution in [3.05, 3.63) is 51.5 Å². The van der Waals surface area contributed by atoms with Crippen LogP contribution in [0.4, 0.5) is 0 Å². The number of nitrogens with two attached hydrogens (primary N) is 1. The quantitative estimate of drug-likeness (QED) is 0.875. The summed E-state index contributed by atoms with van der Waals surface area (Å²) in [6, 6.07) is 7.53. The highest BCUT2D eigenvalue weighted by molar-refractivity contribution is 7.09. The number of nitrogens with zero attached hydrogens (tertiary/aromatic N) is 1. The van der Waals surface area contributed by atoms with Crippen LogP contribution in [0.25, 0.3) is 0 Å². The number of hydrogen-bond acceptors (Lipinski definition) is 4. The molecule has 0 aliphatic rings. The van der Waals surface area contributed by atoms with Gasteiger partial charge in [0.2, 0.25) is 0 Å². The number of amides is 1. The van der Waals surface area contributed by atoms with Crippen LogP contribution in [0, 0.1) is 6.92 Å². The van der Waals surface area contributed by atoms with Crippen LogP contribution in [-0.2, 0) is 13.0 Å². The summed E-state index contributed by atoms with van der Waals surface area (Å²) in [7, 11) is 0. The first-order chi connectivity index (χ1) is 9.19. The lowest BCUT2D eigenvalue weighted by molar-refractivity contribution is 0.0951. The van der Waals surface area contributed by atoms with Crippen molar-refractivity contribution in [2.45, 2.75) is 19.9 Å². The molecule has 100 valence electrons. The first-order valence-corrected chi connectivity index (χ1v) is 7.05. The molecule has 0 aliphatic carbocycles. The predicted octanol–water partition coefficient (Wildman–Crippen LogP) is 1.88. The zero-order valence-electron chi connectivity index (χ0n) is 10.8. The lowest BCUT2D eigenvalue weighted by atomic mass is 10.1. The summed E-state index contributed by atoms with van der Waals surface area (Å²) < 4.78 is 0. The number of nitrogens with one attached hydrogen (secondary N) is 1. The fourth-order valence-electron chi connectivity index (χ4n) is 1.73. The Kier molecular flexibility index (Phi) is 4.65. The van der Waals surface area contributed by atoms with Crippen molar-refractivity contribution in [2.75, 3.05) is 6.54 Å². The van der Waals surface area contributed by atoms with Crippen molar-refractivity contribution in [1.29, 1.82) is 0 Å². The Bertz CT molecular complexity index is 548. The fraction of sp³-hybridized carbons (Fsp3) is 0.286. The Balaban J connectivity index is 1.92. The lowest BCUT2D eigenvalue weighted by Crippen LogP contribution is -2.22. The molecule has 4 nitrogen and oxygen atoms in total. The molecule has 1 heterocycles. The summed E-state index contributed by atoms with van der Waals surface area (Å²) in [4.78, 5) is 16.2. The van der Waals surface area contributed by atoms with Gasteiger partial charge in [0.15, 0.2) is 0 Å². The van der Waals surface area contributed by atoms with Crippen LogP contribution in [0.2, 0.25) is 0 Å². The average molecular weight is 275 g/mol. The Morgan fingerprint density at radius 3 is 2.68 bits per heavy atom. The van der Waals surface area contributed by atoms with Gasteiger partial charge in [-0.15, -0.1) is 11.3 Å². The van der Waals surface area contributed by atoms with E-state index >= 15 is 0 Å². The van der Waals surface area contributed by atoms with Gasteiger partial charge in [0.25, 0.3) is 5.91 Å². The monoisotopic (exact) mass is 275 g/mol. The van der Waals surface area contributed by atoms with E-state index in [0.29, 0.717) is 18.7 Å². The van der Waals surface area contributed by atoms with Gasteiger partial charge < -0.3 is 11.1 Å². The summed E-state index contributed by atoms with van der Waals surface area (Å²) in [5, 5.41) is 5.76. The summed E-state index contributed by atoms with van der Waals surface area (Å²) in [6.45, 7) is 3.04. The molecule has 0 bridgehead atoms. The van der Waals surface area contributed by atoms with E-state index in [0.717, 1.165) is 22.7 Å². The van der Waals surface area contributed by atoms with Gasteiger partial charge in [-0.1, -0.05) is 12.1 Å². The van der Waals surface area contributed by atoms with Gasteiger partial charge in [-0.25, -0.2) is 4.98 Å². The third-order valence-corrected chi connectivity index (χ3v) is 3.68. The maximum absolute atomic E-state index is 11.9. The van der Waals surface area contributed by atoms with E-state index in [2.05, 4.69) is 10.3 Å². The topological polar surface area (TPSA) is 68.0 Å². The minimum absolute atomic E-state index is 0.0767. The van der Waals surface area contributed by atoms with Gasteiger partial charge in [0.05, 0.1) is 6.54 Å². The second-order valence-corrected chi connectivity index (χ2v) is 5.24. The Morgan fingerprint density at radius 2 is 2.11 bits per heavy atom. The highest BCUT2D eigenvalue weighted by atomic mass is 32.1. The van der Waals surface area contributed by atoms with E-state index in [4.69, 9.17) is 5.73 Å². The maximum atomic E-state index is 11.9. The van der Waals surface area contributed by atoms with E-state index in [1.165, 1.54) is 0 Å². The van der Waals surface area contributed by atoms with Gasteiger partial charge >= 0.3 is 0 Å². The van der Waals surface area contributed by atoms with E-state index in [1.807, 2.05) is 36.6 Å². The first kappa shape index (κ1) is 13.7. The third-order valence-electron chi connectivity index (χ3n) is 2.72. The summed E-state index contributed by atoms with van der Waals surface area (Å²) in [6.07, 6.45) is 0.834. The van der Waals surface area contributed by atoms with Crippen LogP contribution >= 0.6 is 11.3 Å². The smallest absolute Gasteiger partial charge is 0.251 e. The molecule has 2 aromatic rings. The van der Waals surface area contributed by atoms with E-state index in [-0.39, 0.29) is 5.91 Å². The fourth-order valence-corrected chi connectivity index (χ4v) is 2.44. The normalized spacial score (nSPS) is 10.4.